The summed E-state index contributed by atoms with van der Waals surface area (Å²) in [5.41, 5.74) is -0.182. The van der Waals surface area contributed by atoms with Crippen LogP contribution in [0.4, 0.5) is 0 Å². The minimum absolute atomic E-state index is 0.00292. The zero-order chi connectivity index (χ0) is 20.0. The van der Waals surface area contributed by atoms with Gasteiger partial charge in [0.1, 0.15) is 11.9 Å². The predicted octanol–water partition coefficient (Wildman–Crippen LogP) is 3.43. The molecule has 0 heterocycles. The number of aliphatic hydroxyl groups is 2. The molecule has 0 aromatic heterocycles. The Bertz CT molecular complexity index is 738. The lowest BCUT2D eigenvalue weighted by Gasteiger charge is -2.43. The number of esters is 1. The average molecular weight is 374 g/mol. The lowest BCUT2D eigenvalue weighted by Crippen LogP contribution is -2.50. The quantitative estimate of drug-likeness (QED) is 0.557. The monoisotopic (exact) mass is 374 g/mol. The molecule has 2 aliphatic carbocycles. The zero-order valence-electron chi connectivity index (χ0n) is 16.5. The topological polar surface area (TPSA) is 87.0 Å². The van der Waals surface area contributed by atoms with Gasteiger partial charge in [-0.1, -0.05) is 20.8 Å². The first kappa shape index (κ1) is 19.9. The van der Waals surface area contributed by atoms with E-state index < -0.39 is 23.8 Å². The van der Waals surface area contributed by atoms with Crippen molar-refractivity contribution in [3.05, 3.63) is 41.5 Å². The molecule has 2 aliphatic rings. The van der Waals surface area contributed by atoms with E-state index in [1.54, 1.807) is 6.08 Å². The molecule has 1 saturated carbocycles. The van der Waals surface area contributed by atoms with Crippen LogP contribution in [0.15, 0.2) is 35.9 Å². The maximum atomic E-state index is 12.7. The number of benzene rings is 1. The van der Waals surface area contributed by atoms with Crippen molar-refractivity contribution in [2.45, 2.75) is 64.8 Å². The molecule has 0 amide bonds. The molecule has 3 rings (SSSR count). The molecular weight excluding hydrogens is 344 g/mol. The SMILES string of the molecule is CC1=C[C@H](OC(=O)c2ccc(O)cc2)C2[C@](C)(CC[C@@]2(O)C(C)C)C[C@H]1O. The molecular formula is C22H30O5. The molecule has 0 aliphatic heterocycles. The van der Waals surface area contributed by atoms with Crippen LogP contribution in [0, 0.1) is 17.3 Å². The Morgan fingerprint density at radius 2 is 1.85 bits per heavy atom. The Hall–Kier alpha value is -1.85. The smallest absolute Gasteiger partial charge is 0.338 e. The van der Waals surface area contributed by atoms with E-state index in [-0.39, 0.29) is 23.0 Å². The van der Waals surface area contributed by atoms with Gasteiger partial charge in [0.2, 0.25) is 0 Å². The van der Waals surface area contributed by atoms with E-state index in [0.717, 1.165) is 12.0 Å². The zero-order valence-corrected chi connectivity index (χ0v) is 16.5. The second kappa shape index (κ2) is 6.95. The Balaban J connectivity index is 1.98. The number of phenolic OH excluding ortho intramolecular Hbond substituents is 1. The van der Waals surface area contributed by atoms with Crippen LogP contribution in [0.5, 0.6) is 5.75 Å². The highest BCUT2D eigenvalue weighted by Crippen LogP contribution is 2.58. The molecule has 148 valence electrons. The van der Waals surface area contributed by atoms with E-state index in [0.29, 0.717) is 18.4 Å². The van der Waals surface area contributed by atoms with E-state index in [4.69, 9.17) is 4.74 Å². The highest BCUT2D eigenvalue weighted by atomic mass is 16.5. The molecule has 0 saturated heterocycles. The molecule has 5 nitrogen and oxygen atoms in total. The van der Waals surface area contributed by atoms with Crippen LogP contribution in [-0.2, 0) is 4.74 Å². The van der Waals surface area contributed by atoms with E-state index >= 15 is 0 Å². The molecule has 27 heavy (non-hydrogen) atoms. The molecule has 5 heteroatoms. The Morgan fingerprint density at radius 3 is 2.44 bits per heavy atom. The van der Waals surface area contributed by atoms with Crippen molar-refractivity contribution in [2.24, 2.45) is 17.3 Å². The molecule has 1 unspecified atom stereocenters. The van der Waals surface area contributed by atoms with Crippen LogP contribution in [0.3, 0.4) is 0 Å². The fourth-order valence-electron chi connectivity index (χ4n) is 4.92. The van der Waals surface area contributed by atoms with Gasteiger partial charge in [-0.25, -0.2) is 4.79 Å². The molecule has 1 fully saturated rings. The number of fused-ring (bicyclic) bond motifs is 1. The van der Waals surface area contributed by atoms with Crippen LogP contribution in [0.2, 0.25) is 0 Å². The molecule has 1 aromatic rings. The summed E-state index contributed by atoms with van der Waals surface area (Å²) in [7, 11) is 0. The van der Waals surface area contributed by atoms with Crippen LogP contribution in [-0.4, -0.2) is 39.1 Å². The van der Waals surface area contributed by atoms with Crippen LogP contribution in [0.1, 0.15) is 57.3 Å². The van der Waals surface area contributed by atoms with E-state index in [1.807, 2.05) is 20.8 Å². The maximum Gasteiger partial charge on any atom is 0.338 e. The number of hydrogen-bond acceptors (Lipinski definition) is 5. The second-order valence-corrected chi connectivity index (χ2v) is 8.83. The molecule has 0 radical (unpaired) electrons. The third-order valence-electron chi connectivity index (χ3n) is 6.67. The Kier molecular flexibility index (Phi) is 5.12. The van der Waals surface area contributed by atoms with Gasteiger partial charge in [0.25, 0.3) is 0 Å². The first-order chi connectivity index (χ1) is 12.6. The third kappa shape index (κ3) is 3.50. The van der Waals surface area contributed by atoms with E-state index in [2.05, 4.69) is 6.92 Å². The van der Waals surface area contributed by atoms with E-state index in [9.17, 15) is 20.1 Å². The number of aliphatic hydroxyl groups excluding tert-OH is 1. The van der Waals surface area contributed by atoms with Gasteiger partial charge in [-0.3, -0.25) is 0 Å². The number of hydrogen-bond donors (Lipinski definition) is 3. The van der Waals surface area contributed by atoms with Crippen molar-refractivity contribution in [3.63, 3.8) is 0 Å². The van der Waals surface area contributed by atoms with E-state index in [1.165, 1.54) is 24.3 Å². The van der Waals surface area contributed by atoms with Gasteiger partial charge in [-0.15, -0.1) is 0 Å². The summed E-state index contributed by atoms with van der Waals surface area (Å²) in [6.45, 7) is 7.89. The lowest BCUT2D eigenvalue weighted by molar-refractivity contribution is -0.104. The number of carbonyl (C=O) groups excluding carboxylic acids is 1. The van der Waals surface area contributed by atoms with Gasteiger partial charge >= 0.3 is 5.97 Å². The van der Waals surface area contributed by atoms with Gasteiger partial charge < -0.3 is 20.1 Å². The average Bonchev–Trinajstić information content (AvgIpc) is 2.81. The number of rotatable bonds is 3. The largest absolute Gasteiger partial charge is 0.508 e. The summed E-state index contributed by atoms with van der Waals surface area (Å²) in [5, 5.41) is 31.5. The first-order valence-electron chi connectivity index (χ1n) is 9.65. The highest BCUT2D eigenvalue weighted by Gasteiger charge is 2.60. The summed E-state index contributed by atoms with van der Waals surface area (Å²) in [6.07, 6.45) is 2.52. The minimum atomic E-state index is -0.963. The van der Waals surface area contributed by atoms with Gasteiger partial charge in [-0.05, 0) is 73.4 Å². The molecule has 1 aromatic carbocycles. The number of phenols is 1. The summed E-state index contributed by atoms with van der Waals surface area (Å²) >= 11 is 0. The third-order valence-corrected chi connectivity index (χ3v) is 6.67. The number of aromatic hydroxyl groups is 1. The van der Waals surface area contributed by atoms with Crippen molar-refractivity contribution in [3.8, 4) is 5.75 Å². The number of carbonyl (C=O) groups is 1. The van der Waals surface area contributed by atoms with Gasteiger partial charge in [0.05, 0.1) is 17.3 Å². The summed E-state index contributed by atoms with van der Waals surface area (Å²) < 4.78 is 5.87. The standard InChI is InChI=1S/C22H30O5/c1-13(2)22(26)10-9-21(4)12-17(24)14(3)11-18(19(21)22)27-20(25)15-5-7-16(23)8-6-15/h5-8,11,13,17-19,23-24,26H,9-10,12H2,1-4H3/t17-,18+,19?,21-,22-/m1/s1. The van der Waals surface area contributed by atoms with Crippen molar-refractivity contribution >= 4 is 5.97 Å². The lowest BCUT2D eigenvalue weighted by atomic mass is 9.67. The fourth-order valence-corrected chi connectivity index (χ4v) is 4.92. The van der Waals surface area contributed by atoms with Crippen molar-refractivity contribution in [2.75, 3.05) is 0 Å². The normalized spacial score (nSPS) is 36.1. The number of ether oxygens (including phenoxy) is 1. The molecule has 3 N–H and O–H groups in total. The summed E-state index contributed by atoms with van der Waals surface area (Å²) in [5.74, 6) is -0.709. The van der Waals surface area contributed by atoms with Crippen LogP contribution < -0.4 is 0 Å². The van der Waals surface area contributed by atoms with Crippen LogP contribution in [0.25, 0.3) is 0 Å². The summed E-state index contributed by atoms with van der Waals surface area (Å²) in [4.78, 5) is 12.7. The van der Waals surface area contributed by atoms with Crippen LogP contribution >= 0.6 is 0 Å². The maximum absolute atomic E-state index is 12.7. The second-order valence-electron chi connectivity index (χ2n) is 8.83. The van der Waals surface area contributed by atoms with Crippen molar-refractivity contribution in [1.82, 2.24) is 0 Å². The van der Waals surface area contributed by atoms with Gasteiger partial charge in [-0.2, -0.15) is 0 Å². The highest BCUT2D eigenvalue weighted by molar-refractivity contribution is 5.89. The Labute approximate surface area is 160 Å². The predicted molar refractivity (Wildman–Crippen MR) is 102 cm³/mol. The van der Waals surface area contributed by atoms with Gasteiger partial charge in [0.15, 0.2) is 0 Å². The molecule has 0 spiro atoms. The van der Waals surface area contributed by atoms with Gasteiger partial charge in [0, 0.05) is 5.92 Å². The first-order valence-corrected chi connectivity index (χ1v) is 9.65. The molecule has 0 bridgehead atoms. The summed E-state index contributed by atoms with van der Waals surface area (Å²) in [6, 6.07) is 5.92. The minimum Gasteiger partial charge on any atom is -0.508 e. The fraction of sp³-hybridized carbons (Fsp3) is 0.591. The molecule has 5 atom stereocenters. The van der Waals surface area contributed by atoms with Crippen molar-refractivity contribution < 1.29 is 24.9 Å². The van der Waals surface area contributed by atoms with Crippen molar-refractivity contribution in [1.29, 1.82) is 0 Å². The Morgan fingerprint density at radius 1 is 1.22 bits per heavy atom.